The first-order valence-electron chi connectivity index (χ1n) is 9.70. The second-order valence-electron chi connectivity index (χ2n) is 7.54. The van der Waals surface area contributed by atoms with Gasteiger partial charge in [0.05, 0.1) is 12.8 Å². The molecule has 3 heterocycles. The number of hydrogen-bond acceptors (Lipinski definition) is 5. The van der Waals surface area contributed by atoms with Crippen LogP contribution in [-0.2, 0) is 0 Å². The maximum Gasteiger partial charge on any atom is 0.185 e. The van der Waals surface area contributed by atoms with E-state index in [9.17, 15) is 14.3 Å². The fourth-order valence-electron chi connectivity index (χ4n) is 4.50. The van der Waals surface area contributed by atoms with E-state index in [2.05, 4.69) is 25.3 Å². The van der Waals surface area contributed by atoms with Crippen LogP contribution in [-0.4, -0.2) is 62.4 Å². The van der Waals surface area contributed by atoms with Crippen LogP contribution in [0.2, 0.25) is 0 Å². The van der Waals surface area contributed by atoms with Crippen LogP contribution in [0.3, 0.4) is 0 Å². The fraction of sp³-hybridized carbons (Fsp3) is 0.381. The molecule has 8 heteroatoms. The highest BCUT2D eigenvalue weighted by molar-refractivity contribution is 5.97. The number of nitrogens with zero attached hydrogens (tertiary/aromatic N) is 3. The number of halogens is 1. The first kappa shape index (κ1) is 19.5. The number of aliphatic hydroxyl groups excluding tert-OH is 1. The SMILES string of the molecule is Cc1c(F)cccc1[C@H]1[C@@H](C(=O)c2ccn[nH]2)CN(CCO)C[C@@H]1c1cn[nH]c1. The van der Waals surface area contributed by atoms with Crippen LogP contribution in [0.5, 0.6) is 0 Å². The van der Waals surface area contributed by atoms with Gasteiger partial charge in [-0.1, -0.05) is 12.1 Å². The molecule has 1 aliphatic rings. The number of H-pyrrole nitrogens is 2. The number of carbonyl (C=O) groups excluding carboxylic acids is 1. The molecular formula is C21H24FN5O2. The quantitative estimate of drug-likeness (QED) is 0.554. The normalized spacial score (nSPS) is 22.7. The number of aromatic amines is 2. The molecule has 1 fully saturated rings. The molecule has 3 aromatic rings. The van der Waals surface area contributed by atoms with Gasteiger partial charge in [0.25, 0.3) is 0 Å². The smallest absolute Gasteiger partial charge is 0.185 e. The number of carbonyl (C=O) groups is 1. The second kappa shape index (κ2) is 8.26. The molecule has 4 rings (SSSR count). The van der Waals surface area contributed by atoms with Crippen molar-refractivity contribution in [3.8, 4) is 0 Å². The summed E-state index contributed by atoms with van der Waals surface area (Å²) in [7, 11) is 0. The van der Waals surface area contributed by atoms with E-state index in [0.717, 1.165) is 11.1 Å². The van der Waals surface area contributed by atoms with Crippen molar-refractivity contribution in [3.63, 3.8) is 0 Å². The van der Waals surface area contributed by atoms with Crippen LogP contribution in [0.1, 0.15) is 39.0 Å². The summed E-state index contributed by atoms with van der Waals surface area (Å²) in [6.45, 7) is 3.36. The molecule has 0 unspecified atom stereocenters. The molecule has 0 aliphatic carbocycles. The highest BCUT2D eigenvalue weighted by Gasteiger charge is 2.43. The Morgan fingerprint density at radius 3 is 2.86 bits per heavy atom. The Labute approximate surface area is 167 Å². The van der Waals surface area contributed by atoms with Gasteiger partial charge in [-0.25, -0.2) is 4.39 Å². The maximum atomic E-state index is 14.4. The van der Waals surface area contributed by atoms with Crippen molar-refractivity contribution >= 4 is 5.78 Å². The Hall–Kier alpha value is -2.84. The highest BCUT2D eigenvalue weighted by atomic mass is 19.1. The molecule has 152 valence electrons. The van der Waals surface area contributed by atoms with E-state index in [1.807, 2.05) is 12.3 Å². The van der Waals surface area contributed by atoms with E-state index in [1.165, 1.54) is 6.07 Å². The summed E-state index contributed by atoms with van der Waals surface area (Å²) in [6.07, 6.45) is 5.14. The molecule has 0 amide bonds. The van der Waals surface area contributed by atoms with E-state index in [-0.39, 0.29) is 30.0 Å². The van der Waals surface area contributed by atoms with Crippen molar-refractivity contribution in [1.82, 2.24) is 25.3 Å². The Morgan fingerprint density at radius 1 is 1.31 bits per heavy atom. The van der Waals surface area contributed by atoms with E-state index in [0.29, 0.717) is 30.9 Å². The zero-order chi connectivity index (χ0) is 20.4. The zero-order valence-corrected chi connectivity index (χ0v) is 16.2. The number of likely N-dealkylation sites (tertiary alicyclic amines) is 1. The molecule has 0 radical (unpaired) electrons. The van der Waals surface area contributed by atoms with Crippen LogP contribution in [0.25, 0.3) is 0 Å². The number of Topliss-reactive ketones (excluding diaryl/α,β-unsaturated/α-hetero) is 1. The van der Waals surface area contributed by atoms with E-state index in [1.54, 1.807) is 31.5 Å². The summed E-state index contributed by atoms with van der Waals surface area (Å²) < 4.78 is 14.4. The molecule has 0 saturated carbocycles. The summed E-state index contributed by atoms with van der Waals surface area (Å²) in [6, 6.07) is 6.71. The summed E-state index contributed by atoms with van der Waals surface area (Å²) in [5.41, 5.74) is 2.79. The summed E-state index contributed by atoms with van der Waals surface area (Å²) in [5, 5.41) is 23.1. The molecule has 2 aromatic heterocycles. The van der Waals surface area contributed by atoms with Crippen LogP contribution in [0.15, 0.2) is 42.9 Å². The van der Waals surface area contributed by atoms with Gasteiger partial charge in [-0.2, -0.15) is 10.2 Å². The zero-order valence-electron chi connectivity index (χ0n) is 16.2. The van der Waals surface area contributed by atoms with Crippen LogP contribution >= 0.6 is 0 Å². The topological polar surface area (TPSA) is 97.9 Å². The molecule has 3 atom stereocenters. The number of β-amino-alcohol motifs (C(OH)–C–C–N with tert-alkyl or cyclic N) is 1. The molecule has 1 saturated heterocycles. The highest BCUT2D eigenvalue weighted by Crippen LogP contribution is 2.45. The van der Waals surface area contributed by atoms with Crippen LogP contribution < -0.4 is 0 Å². The lowest BCUT2D eigenvalue weighted by Crippen LogP contribution is -2.48. The van der Waals surface area contributed by atoms with Crippen LogP contribution in [0, 0.1) is 18.7 Å². The van der Waals surface area contributed by atoms with Gasteiger partial charge in [0.15, 0.2) is 5.78 Å². The van der Waals surface area contributed by atoms with Gasteiger partial charge in [0.2, 0.25) is 0 Å². The molecule has 7 nitrogen and oxygen atoms in total. The molecule has 1 aromatic carbocycles. The number of nitrogens with one attached hydrogen (secondary N) is 2. The maximum absolute atomic E-state index is 14.4. The first-order chi connectivity index (χ1) is 14.1. The Balaban J connectivity index is 1.83. The lowest BCUT2D eigenvalue weighted by molar-refractivity contribution is 0.0695. The number of aliphatic hydroxyl groups is 1. The Kier molecular flexibility index (Phi) is 5.55. The van der Waals surface area contributed by atoms with Crippen molar-refractivity contribution in [1.29, 1.82) is 0 Å². The van der Waals surface area contributed by atoms with Crippen molar-refractivity contribution in [3.05, 3.63) is 71.1 Å². The number of ketones is 1. The Bertz CT molecular complexity index is 958. The van der Waals surface area contributed by atoms with Gasteiger partial charge < -0.3 is 5.11 Å². The average Bonchev–Trinajstić information content (AvgIpc) is 3.44. The van der Waals surface area contributed by atoms with Crippen molar-refractivity contribution in [2.75, 3.05) is 26.2 Å². The molecule has 0 spiro atoms. The summed E-state index contributed by atoms with van der Waals surface area (Å²) >= 11 is 0. The van der Waals surface area contributed by atoms with Crippen molar-refractivity contribution in [2.24, 2.45) is 5.92 Å². The first-order valence-corrected chi connectivity index (χ1v) is 9.70. The van der Waals surface area contributed by atoms with Gasteiger partial charge in [-0.3, -0.25) is 19.9 Å². The van der Waals surface area contributed by atoms with Gasteiger partial charge in [0, 0.05) is 49.8 Å². The number of rotatable bonds is 6. The predicted molar refractivity (Wildman–Crippen MR) is 105 cm³/mol. The lowest BCUT2D eigenvalue weighted by atomic mass is 9.68. The second-order valence-corrected chi connectivity index (χ2v) is 7.54. The summed E-state index contributed by atoms with van der Waals surface area (Å²) in [4.78, 5) is 15.5. The Morgan fingerprint density at radius 2 is 2.17 bits per heavy atom. The van der Waals surface area contributed by atoms with Crippen molar-refractivity contribution in [2.45, 2.75) is 18.8 Å². The third-order valence-corrected chi connectivity index (χ3v) is 5.91. The number of aromatic nitrogens is 4. The number of piperidine rings is 1. The number of benzene rings is 1. The predicted octanol–water partition coefficient (Wildman–Crippen LogP) is 2.25. The minimum atomic E-state index is -0.420. The number of hydrogen-bond donors (Lipinski definition) is 3. The van der Waals surface area contributed by atoms with Crippen LogP contribution in [0.4, 0.5) is 4.39 Å². The molecule has 3 N–H and O–H groups in total. The van der Waals surface area contributed by atoms with Gasteiger partial charge in [0.1, 0.15) is 11.5 Å². The van der Waals surface area contributed by atoms with E-state index >= 15 is 0 Å². The monoisotopic (exact) mass is 397 g/mol. The molecule has 29 heavy (non-hydrogen) atoms. The van der Waals surface area contributed by atoms with Gasteiger partial charge >= 0.3 is 0 Å². The van der Waals surface area contributed by atoms with Gasteiger partial charge in [-0.15, -0.1) is 0 Å². The van der Waals surface area contributed by atoms with Crippen molar-refractivity contribution < 1.29 is 14.3 Å². The lowest BCUT2D eigenvalue weighted by Gasteiger charge is -2.43. The molecular weight excluding hydrogens is 373 g/mol. The minimum Gasteiger partial charge on any atom is -0.395 e. The standard InChI is InChI=1S/C21H24FN5O2/c1-13-15(3-2-4-18(13)22)20-16(14-9-24-25-10-14)11-27(7-8-28)12-17(20)21(29)19-5-6-23-26-19/h2-6,9-10,16-17,20,28H,7-8,11-12H2,1H3,(H,23,26)(H,24,25)/t16-,17+,20-/m1/s1. The minimum absolute atomic E-state index is 0.00668. The largest absolute Gasteiger partial charge is 0.395 e. The van der Waals surface area contributed by atoms with E-state index in [4.69, 9.17) is 0 Å². The third kappa shape index (κ3) is 3.73. The third-order valence-electron chi connectivity index (χ3n) is 5.91. The molecule has 0 bridgehead atoms. The summed E-state index contributed by atoms with van der Waals surface area (Å²) in [5.74, 6) is -1.07. The fourth-order valence-corrected chi connectivity index (χ4v) is 4.50. The van der Waals surface area contributed by atoms with Gasteiger partial charge in [-0.05, 0) is 35.7 Å². The average molecular weight is 397 g/mol. The van der Waals surface area contributed by atoms with E-state index < -0.39 is 5.92 Å². The molecule has 1 aliphatic heterocycles.